The average Bonchev–Trinajstić information content (AvgIpc) is 2.28. The summed E-state index contributed by atoms with van der Waals surface area (Å²) in [6.07, 6.45) is 1.67. The highest BCUT2D eigenvalue weighted by Crippen LogP contribution is 2.20. The van der Waals surface area contributed by atoms with Crippen LogP contribution in [0.2, 0.25) is 0 Å². The lowest BCUT2D eigenvalue weighted by atomic mass is 10.3. The Morgan fingerprint density at radius 2 is 2.31 bits per heavy atom. The first-order valence-corrected chi connectivity index (χ1v) is 6.05. The van der Waals surface area contributed by atoms with E-state index < -0.39 is 0 Å². The molecule has 0 aliphatic heterocycles. The molecule has 0 aliphatic rings. The van der Waals surface area contributed by atoms with Crippen molar-refractivity contribution >= 4 is 15.9 Å². The molecule has 4 nitrogen and oxygen atoms in total. The quantitative estimate of drug-likeness (QED) is 0.871. The smallest absolute Gasteiger partial charge is 0.218 e. The Balaban J connectivity index is 2.65. The van der Waals surface area contributed by atoms with Crippen LogP contribution in [0, 0.1) is 0 Å². The highest BCUT2D eigenvalue weighted by atomic mass is 79.9. The van der Waals surface area contributed by atoms with Gasteiger partial charge in [-0.15, -0.1) is 0 Å². The van der Waals surface area contributed by atoms with Crippen LogP contribution in [-0.2, 0) is 11.3 Å². The number of halogens is 1. The van der Waals surface area contributed by atoms with Crippen LogP contribution in [0.4, 0.5) is 0 Å². The van der Waals surface area contributed by atoms with Crippen LogP contribution in [0.1, 0.15) is 19.4 Å². The van der Waals surface area contributed by atoms with E-state index in [1.165, 1.54) is 0 Å². The Morgan fingerprint density at radius 1 is 1.56 bits per heavy atom. The SMILES string of the molecule is CCOCC(C)Oc1ncc(Br)cc1CN. The van der Waals surface area contributed by atoms with Crippen LogP contribution in [0.3, 0.4) is 0 Å². The molecular formula is C11H17BrN2O2. The molecule has 0 aliphatic carbocycles. The molecule has 5 heteroatoms. The lowest BCUT2D eigenvalue weighted by Crippen LogP contribution is -2.20. The molecule has 0 radical (unpaired) electrons. The molecule has 1 unspecified atom stereocenters. The maximum Gasteiger partial charge on any atom is 0.218 e. The minimum Gasteiger partial charge on any atom is -0.472 e. The fourth-order valence-corrected chi connectivity index (χ4v) is 1.61. The lowest BCUT2D eigenvalue weighted by Gasteiger charge is -2.15. The van der Waals surface area contributed by atoms with Crippen molar-refractivity contribution in [2.45, 2.75) is 26.5 Å². The van der Waals surface area contributed by atoms with Crippen molar-refractivity contribution in [3.63, 3.8) is 0 Å². The van der Waals surface area contributed by atoms with Gasteiger partial charge in [0.15, 0.2) is 0 Å². The van der Waals surface area contributed by atoms with Crippen molar-refractivity contribution < 1.29 is 9.47 Å². The fraction of sp³-hybridized carbons (Fsp3) is 0.545. The third-order valence-corrected chi connectivity index (χ3v) is 2.42. The Morgan fingerprint density at radius 3 is 2.94 bits per heavy atom. The van der Waals surface area contributed by atoms with Crippen molar-refractivity contribution in [3.05, 3.63) is 22.3 Å². The summed E-state index contributed by atoms with van der Waals surface area (Å²) in [6, 6.07) is 1.91. The standard InChI is InChI=1S/C11H17BrN2O2/c1-3-15-7-8(2)16-11-9(5-13)4-10(12)6-14-11/h4,6,8H,3,5,7,13H2,1-2H3. The van der Waals surface area contributed by atoms with E-state index in [0.717, 1.165) is 10.0 Å². The van der Waals surface area contributed by atoms with Crippen molar-refractivity contribution in [2.75, 3.05) is 13.2 Å². The maximum absolute atomic E-state index is 5.66. The molecule has 0 saturated heterocycles. The van der Waals surface area contributed by atoms with E-state index in [-0.39, 0.29) is 6.10 Å². The summed E-state index contributed by atoms with van der Waals surface area (Å²) in [5.41, 5.74) is 6.51. The van der Waals surface area contributed by atoms with Crippen molar-refractivity contribution in [2.24, 2.45) is 5.73 Å². The number of aromatic nitrogens is 1. The second-order valence-corrected chi connectivity index (χ2v) is 4.33. The normalized spacial score (nSPS) is 12.5. The van der Waals surface area contributed by atoms with E-state index in [9.17, 15) is 0 Å². The lowest BCUT2D eigenvalue weighted by molar-refractivity contribution is 0.0628. The molecule has 0 fully saturated rings. The summed E-state index contributed by atoms with van der Waals surface area (Å²) in [5, 5.41) is 0. The van der Waals surface area contributed by atoms with E-state index in [0.29, 0.717) is 25.6 Å². The molecule has 0 saturated carbocycles. The number of hydrogen-bond donors (Lipinski definition) is 1. The predicted molar refractivity (Wildman–Crippen MR) is 66.4 cm³/mol. The Hall–Kier alpha value is -0.650. The minimum absolute atomic E-state index is 0.0288. The first-order chi connectivity index (χ1) is 7.67. The minimum atomic E-state index is -0.0288. The van der Waals surface area contributed by atoms with E-state index in [2.05, 4.69) is 20.9 Å². The van der Waals surface area contributed by atoms with E-state index in [1.54, 1.807) is 6.20 Å². The van der Waals surface area contributed by atoms with Gasteiger partial charge in [0.1, 0.15) is 6.10 Å². The van der Waals surface area contributed by atoms with Gasteiger partial charge in [0.25, 0.3) is 0 Å². The topological polar surface area (TPSA) is 57.4 Å². The Kier molecular flexibility index (Phi) is 5.73. The van der Waals surface area contributed by atoms with Gasteiger partial charge in [-0.05, 0) is 35.8 Å². The molecule has 0 amide bonds. The largest absolute Gasteiger partial charge is 0.472 e. The summed E-state index contributed by atoms with van der Waals surface area (Å²) in [5.74, 6) is 0.581. The molecule has 0 spiro atoms. The highest BCUT2D eigenvalue weighted by molar-refractivity contribution is 9.10. The summed E-state index contributed by atoms with van der Waals surface area (Å²) < 4.78 is 11.8. The van der Waals surface area contributed by atoms with Gasteiger partial charge in [0, 0.05) is 29.4 Å². The molecule has 1 aromatic rings. The average molecular weight is 289 g/mol. The summed E-state index contributed by atoms with van der Waals surface area (Å²) in [6.45, 7) is 5.54. The Labute approximate surface area is 104 Å². The molecule has 1 heterocycles. The van der Waals surface area contributed by atoms with Gasteiger partial charge in [0.05, 0.1) is 6.61 Å². The zero-order chi connectivity index (χ0) is 12.0. The third-order valence-electron chi connectivity index (χ3n) is 1.98. The van der Waals surface area contributed by atoms with E-state index >= 15 is 0 Å². The predicted octanol–water partition coefficient (Wildman–Crippen LogP) is 2.11. The van der Waals surface area contributed by atoms with E-state index in [1.807, 2.05) is 19.9 Å². The first-order valence-electron chi connectivity index (χ1n) is 5.26. The summed E-state index contributed by atoms with van der Waals surface area (Å²) in [4.78, 5) is 4.19. The van der Waals surface area contributed by atoms with Crippen LogP contribution in [0.15, 0.2) is 16.7 Å². The molecule has 16 heavy (non-hydrogen) atoms. The monoisotopic (exact) mass is 288 g/mol. The van der Waals surface area contributed by atoms with Crippen LogP contribution in [-0.4, -0.2) is 24.3 Å². The summed E-state index contributed by atoms with van der Waals surface area (Å²) in [7, 11) is 0. The van der Waals surface area contributed by atoms with Crippen molar-refractivity contribution in [3.8, 4) is 5.88 Å². The van der Waals surface area contributed by atoms with Crippen LogP contribution in [0.25, 0.3) is 0 Å². The van der Waals surface area contributed by atoms with Gasteiger partial charge >= 0.3 is 0 Å². The molecule has 0 bridgehead atoms. The molecule has 0 aromatic carbocycles. The molecule has 1 aromatic heterocycles. The second kappa shape index (κ2) is 6.83. The highest BCUT2D eigenvalue weighted by Gasteiger charge is 2.09. The Bertz CT molecular complexity index is 334. The van der Waals surface area contributed by atoms with Crippen molar-refractivity contribution in [1.82, 2.24) is 4.98 Å². The van der Waals surface area contributed by atoms with Gasteiger partial charge < -0.3 is 15.2 Å². The molecule has 2 N–H and O–H groups in total. The van der Waals surface area contributed by atoms with Crippen molar-refractivity contribution in [1.29, 1.82) is 0 Å². The number of rotatable bonds is 6. The number of hydrogen-bond acceptors (Lipinski definition) is 4. The van der Waals surface area contributed by atoms with E-state index in [4.69, 9.17) is 15.2 Å². The van der Waals surface area contributed by atoms with Gasteiger partial charge in [-0.1, -0.05) is 0 Å². The summed E-state index contributed by atoms with van der Waals surface area (Å²) >= 11 is 3.35. The number of ether oxygens (including phenoxy) is 2. The van der Waals surface area contributed by atoms with Gasteiger partial charge in [-0.25, -0.2) is 4.98 Å². The van der Waals surface area contributed by atoms with Gasteiger partial charge in [-0.2, -0.15) is 0 Å². The van der Waals surface area contributed by atoms with Gasteiger partial charge in [0.2, 0.25) is 5.88 Å². The first kappa shape index (κ1) is 13.4. The second-order valence-electron chi connectivity index (χ2n) is 3.41. The van der Waals surface area contributed by atoms with Gasteiger partial charge in [-0.3, -0.25) is 0 Å². The van der Waals surface area contributed by atoms with Crippen LogP contribution >= 0.6 is 15.9 Å². The third kappa shape index (κ3) is 4.08. The molecule has 90 valence electrons. The molecule has 1 atom stereocenters. The number of nitrogens with two attached hydrogens (primary N) is 1. The van der Waals surface area contributed by atoms with Crippen LogP contribution < -0.4 is 10.5 Å². The number of pyridine rings is 1. The number of nitrogens with zero attached hydrogens (tertiary/aromatic N) is 1. The maximum atomic E-state index is 5.66. The van der Waals surface area contributed by atoms with Crippen LogP contribution in [0.5, 0.6) is 5.88 Å². The zero-order valence-electron chi connectivity index (χ0n) is 9.57. The fourth-order valence-electron chi connectivity index (χ4n) is 1.23. The zero-order valence-corrected chi connectivity index (χ0v) is 11.2. The molecular weight excluding hydrogens is 272 g/mol. The molecule has 1 rings (SSSR count).